The molecule has 3 saturated heterocycles. The number of imide groups is 1. The Morgan fingerprint density at radius 1 is 1.06 bits per heavy atom. The third-order valence-electron chi connectivity index (χ3n) is 2.78. The first-order valence-corrected chi connectivity index (χ1v) is 5.30. The van der Waals surface area contributed by atoms with Crippen LogP contribution in [0.5, 0.6) is 0 Å². The van der Waals surface area contributed by atoms with Gasteiger partial charge in [-0.3, -0.25) is 5.32 Å². The summed E-state index contributed by atoms with van der Waals surface area (Å²) < 4.78 is 10.1. The monoisotopic (exact) mass is 227 g/mol. The number of epoxide rings is 2. The van der Waals surface area contributed by atoms with Crippen LogP contribution < -0.4 is 5.32 Å². The number of ether oxygens (including phenoxy) is 2. The van der Waals surface area contributed by atoms with Crippen LogP contribution in [0.15, 0.2) is 0 Å². The summed E-state index contributed by atoms with van der Waals surface area (Å²) >= 11 is 0. The molecule has 16 heavy (non-hydrogen) atoms. The maximum atomic E-state index is 11.5. The van der Waals surface area contributed by atoms with Gasteiger partial charge in [0.25, 0.3) is 0 Å². The van der Waals surface area contributed by atoms with Crippen LogP contribution in [0.4, 0.5) is 9.59 Å². The molecule has 88 valence electrons. The van der Waals surface area contributed by atoms with Crippen molar-refractivity contribution in [1.82, 2.24) is 15.1 Å². The van der Waals surface area contributed by atoms with Crippen LogP contribution in [0, 0.1) is 0 Å². The fraction of sp³-hybridized carbons (Fsp3) is 0.778. The molecule has 7 heteroatoms. The highest BCUT2D eigenvalue weighted by Gasteiger charge is 2.36. The normalized spacial score (nSPS) is 32.8. The summed E-state index contributed by atoms with van der Waals surface area (Å²) in [5, 5.41) is 2.31. The Morgan fingerprint density at radius 3 is 1.88 bits per heavy atom. The van der Waals surface area contributed by atoms with E-state index >= 15 is 0 Å². The summed E-state index contributed by atoms with van der Waals surface area (Å²) in [5.74, 6) is 0. The Morgan fingerprint density at radius 2 is 1.50 bits per heavy atom. The maximum absolute atomic E-state index is 11.5. The predicted octanol–water partition coefficient (Wildman–Crippen LogP) is -0.811. The Labute approximate surface area is 92.3 Å². The first-order valence-electron chi connectivity index (χ1n) is 5.30. The highest BCUT2D eigenvalue weighted by Crippen LogP contribution is 2.16. The molecule has 7 nitrogen and oxygen atoms in total. The van der Waals surface area contributed by atoms with E-state index in [1.807, 2.05) is 0 Å². The summed E-state index contributed by atoms with van der Waals surface area (Å²) in [6.45, 7) is 2.81. The van der Waals surface area contributed by atoms with Crippen molar-refractivity contribution in [2.45, 2.75) is 12.2 Å². The molecule has 3 heterocycles. The van der Waals surface area contributed by atoms with Crippen molar-refractivity contribution < 1.29 is 19.1 Å². The van der Waals surface area contributed by atoms with Gasteiger partial charge in [-0.05, 0) is 0 Å². The second-order valence-corrected chi connectivity index (χ2v) is 4.23. The summed E-state index contributed by atoms with van der Waals surface area (Å²) in [7, 11) is 0. The largest absolute Gasteiger partial charge is 0.371 e. The van der Waals surface area contributed by atoms with Crippen LogP contribution in [-0.2, 0) is 9.47 Å². The van der Waals surface area contributed by atoms with Gasteiger partial charge in [-0.15, -0.1) is 0 Å². The number of nitrogens with zero attached hydrogens (tertiary/aromatic N) is 2. The van der Waals surface area contributed by atoms with Gasteiger partial charge in [-0.2, -0.15) is 0 Å². The van der Waals surface area contributed by atoms with Crippen LogP contribution in [0.25, 0.3) is 0 Å². The lowest BCUT2D eigenvalue weighted by atomic mass is 10.4. The average Bonchev–Trinajstić information content (AvgIpc) is 3.08. The van der Waals surface area contributed by atoms with Crippen LogP contribution >= 0.6 is 0 Å². The zero-order chi connectivity index (χ0) is 11.1. The molecule has 2 atom stereocenters. The first kappa shape index (κ1) is 9.86. The lowest BCUT2D eigenvalue weighted by Gasteiger charge is -2.34. The fourth-order valence-corrected chi connectivity index (χ4v) is 1.70. The topological polar surface area (TPSA) is 77.7 Å². The lowest BCUT2D eigenvalue weighted by Crippen LogP contribution is -2.60. The fourth-order valence-electron chi connectivity index (χ4n) is 1.70. The van der Waals surface area contributed by atoms with Gasteiger partial charge in [0.1, 0.15) is 0 Å². The second kappa shape index (κ2) is 3.60. The van der Waals surface area contributed by atoms with E-state index in [0.717, 1.165) is 0 Å². The van der Waals surface area contributed by atoms with Gasteiger partial charge in [-0.1, -0.05) is 0 Å². The Kier molecular flexibility index (Phi) is 2.22. The van der Waals surface area contributed by atoms with Gasteiger partial charge in [0.2, 0.25) is 0 Å². The molecular weight excluding hydrogens is 214 g/mol. The number of hydrogen-bond donors (Lipinski definition) is 1. The number of amides is 4. The van der Waals surface area contributed by atoms with Crippen molar-refractivity contribution in [2.75, 3.05) is 33.0 Å². The van der Waals surface area contributed by atoms with Crippen LogP contribution in [0.1, 0.15) is 0 Å². The van der Waals surface area contributed by atoms with Crippen molar-refractivity contribution in [3.05, 3.63) is 0 Å². The van der Waals surface area contributed by atoms with E-state index < -0.39 is 0 Å². The van der Waals surface area contributed by atoms with E-state index in [-0.39, 0.29) is 24.3 Å². The number of urea groups is 2. The lowest BCUT2D eigenvalue weighted by molar-refractivity contribution is 0.114. The van der Waals surface area contributed by atoms with Gasteiger partial charge in [0, 0.05) is 0 Å². The molecule has 0 aromatic rings. The molecule has 4 amide bonds. The number of carbonyl (C=O) groups excluding carboxylic acids is 2. The summed E-state index contributed by atoms with van der Waals surface area (Å²) in [5.41, 5.74) is 0. The molecular formula is C9H13N3O4. The van der Waals surface area contributed by atoms with Gasteiger partial charge in [0.15, 0.2) is 0 Å². The highest BCUT2D eigenvalue weighted by atomic mass is 16.6. The van der Waals surface area contributed by atoms with Crippen LogP contribution in [0.2, 0.25) is 0 Å². The summed E-state index contributed by atoms with van der Waals surface area (Å²) in [4.78, 5) is 26.2. The third kappa shape index (κ3) is 2.10. The minimum atomic E-state index is -0.339. The molecule has 0 saturated carbocycles. The highest BCUT2D eigenvalue weighted by molar-refractivity contribution is 5.95. The van der Waals surface area contributed by atoms with Gasteiger partial charge in [-0.25, -0.2) is 9.59 Å². The quantitative estimate of drug-likeness (QED) is 0.637. The van der Waals surface area contributed by atoms with E-state index in [1.165, 1.54) is 0 Å². The van der Waals surface area contributed by atoms with E-state index in [2.05, 4.69) is 5.32 Å². The van der Waals surface area contributed by atoms with E-state index in [0.29, 0.717) is 33.0 Å². The molecule has 3 fully saturated rings. The van der Waals surface area contributed by atoms with Crippen LogP contribution in [-0.4, -0.2) is 67.0 Å². The molecule has 2 unspecified atom stereocenters. The SMILES string of the molecule is O=C1NC(=O)N(CC2CO2)CN1CC1CO1. The number of nitrogens with one attached hydrogen (secondary N) is 1. The van der Waals surface area contributed by atoms with Crippen molar-refractivity contribution in [2.24, 2.45) is 0 Å². The molecule has 0 aliphatic carbocycles. The predicted molar refractivity (Wildman–Crippen MR) is 51.7 cm³/mol. The Balaban J connectivity index is 1.60. The molecule has 0 radical (unpaired) electrons. The van der Waals surface area contributed by atoms with E-state index in [1.54, 1.807) is 9.80 Å². The standard InChI is InChI=1S/C9H13N3O4/c13-8-10-9(14)12(2-7-4-16-7)5-11(8)1-6-3-15-6/h6-7H,1-5H2,(H,10,13,14). The average molecular weight is 227 g/mol. The molecule has 3 aliphatic rings. The number of hydrogen-bond acceptors (Lipinski definition) is 4. The Hall–Kier alpha value is -1.34. The number of carbonyl (C=O) groups is 2. The Bertz CT molecular complexity index is 297. The number of rotatable bonds is 4. The molecule has 0 aromatic carbocycles. The second-order valence-electron chi connectivity index (χ2n) is 4.23. The van der Waals surface area contributed by atoms with Gasteiger partial charge in [0.05, 0.1) is 45.2 Å². The molecule has 0 aromatic heterocycles. The van der Waals surface area contributed by atoms with E-state index in [9.17, 15) is 9.59 Å². The zero-order valence-electron chi connectivity index (χ0n) is 8.72. The molecule has 3 rings (SSSR count). The van der Waals surface area contributed by atoms with Gasteiger partial charge < -0.3 is 19.3 Å². The molecule has 1 N–H and O–H groups in total. The maximum Gasteiger partial charge on any atom is 0.327 e. The third-order valence-corrected chi connectivity index (χ3v) is 2.78. The molecule has 0 bridgehead atoms. The minimum Gasteiger partial charge on any atom is -0.371 e. The van der Waals surface area contributed by atoms with Crippen LogP contribution in [0.3, 0.4) is 0 Å². The summed E-state index contributed by atoms with van der Waals surface area (Å²) in [6.07, 6.45) is 0.274. The van der Waals surface area contributed by atoms with Crippen molar-refractivity contribution in [1.29, 1.82) is 0 Å². The molecule has 0 spiro atoms. The van der Waals surface area contributed by atoms with E-state index in [4.69, 9.17) is 9.47 Å². The minimum absolute atomic E-state index is 0.137. The smallest absolute Gasteiger partial charge is 0.327 e. The van der Waals surface area contributed by atoms with Gasteiger partial charge >= 0.3 is 12.1 Å². The first-order chi connectivity index (χ1) is 7.72. The zero-order valence-corrected chi connectivity index (χ0v) is 8.72. The van der Waals surface area contributed by atoms with Crippen molar-refractivity contribution >= 4 is 12.1 Å². The molecule has 3 aliphatic heterocycles. The summed E-state index contributed by atoms with van der Waals surface area (Å²) in [6, 6.07) is -0.679. The van der Waals surface area contributed by atoms with Crippen molar-refractivity contribution in [3.63, 3.8) is 0 Å². The van der Waals surface area contributed by atoms with Crippen molar-refractivity contribution in [3.8, 4) is 0 Å².